The molecule has 11 nitrogen and oxygen atoms in total. The fraction of sp³-hybridized carbons (Fsp3) is 0.750. The first-order valence-corrected chi connectivity index (χ1v) is 14.4. The van der Waals surface area contributed by atoms with Crippen molar-refractivity contribution >= 4 is 22.9 Å². The Morgan fingerprint density at radius 2 is 1.83 bits per heavy atom. The van der Waals surface area contributed by atoms with Crippen molar-refractivity contribution < 1.29 is 36.9 Å². The SMILES string of the molecule is CC(C)(C)OC(=O)N1CCC2(CC1)CC(C(F)(F)F)CN2C[C@H]1O[C@@H](n2ccc3c(N)ncnc32)[C@@H]2OC(C)(C)O[C@@H]21. The Hall–Kier alpha value is -2.68. The first-order valence-electron chi connectivity index (χ1n) is 14.4. The van der Waals surface area contributed by atoms with Crippen molar-refractivity contribution in [2.75, 3.05) is 31.9 Å². The highest BCUT2D eigenvalue weighted by atomic mass is 19.4. The number of piperidine rings is 1. The van der Waals surface area contributed by atoms with Crippen LogP contribution in [0.5, 0.6) is 0 Å². The Bertz CT molecular complexity index is 1340. The lowest BCUT2D eigenvalue weighted by molar-refractivity contribution is -0.199. The highest BCUT2D eigenvalue weighted by molar-refractivity contribution is 5.86. The number of nitrogens with two attached hydrogens (primary N) is 1. The Balaban J connectivity index is 1.25. The van der Waals surface area contributed by atoms with E-state index in [0.717, 1.165) is 0 Å². The number of rotatable bonds is 3. The van der Waals surface area contributed by atoms with Crippen LogP contribution in [-0.4, -0.2) is 98.0 Å². The largest absolute Gasteiger partial charge is 0.444 e. The quantitative estimate of drug-likeness (QED) is 0.559. The number of anilines is 1. The van der Waals surface area contributed by atoms with Crippen LogP contribution in [0.2, 0.25) is 0 Å². The molecule has 5 atom stereocenters. The van der Waals surface area contributed by atoms with Crippen LogP contribution in [0.4, 0.5) is 23.8 Å². The summed E-state index contributed by atoms with van der Waals surface area (Å²) in [6.45, 7) is 9.73. The summed E-state index contributed by atoms with van der Waals surface area (Å²) in [5.41, 5.74) is 5.24. The number of fused-ring (bicyclic) bond motifs is 2. The average molecular weight is 597 g/mol. The molecule has 4 aliphatic heterocycles. The summed E-state index contributed by atoms with van der Waals surface area (Å²) < 4.78 is 68.8. The van der Waals surface area contributed by atoms with E-state index in [0.29, 0.717) is 42.8 Å². The van der Waals surface area contributed by atoms with Crippen LogP contribution in [-0.2, 0) is 18.9 Å². The van der Waals surface area contributed by atoms with Crippen molar-refractivity contribution in [1.82, 2.24) is 24.3 Å². The third-order valence-corrected chi connectivity index (χ3v) is 8.89. The molecule has 2 aromatic heterocycles. The smallest absolute Gasteiger partial charge is 0.410 e. The zero-order chi connectivity index (χ0) is 30.2. The molecule has 0 radical (unpaired) electrons. The number of hydrogen-bond donors (Lipinski definition) is 1. The lowest BCUT2D eigenvalue weighted by Crippen LogP contribution is -2.56. The van der Waals surface area contributed by atoms with E-state index < -0.39 is 59.7 Å². The van der Waals surface area contributed by atoms with Crippen LogP contribution in [0.25, 0.3) is 11.0 Å². The minimum atomic E-state index is -4.33. The molecule has 2 N–H and O–H groups in total. The number of amides is 1. The highest BCUT2D eigenvalue weighted by Gasteiger charge is 2.60. The van der Waals surface area contributed by atoms with Crippen LogP contribution in [0.1, 0.15) is 60.1 Å². The second-order valence-electron chi connectivity index (χ2n) is 13.4. The Morgan fingerprint density at radius 1 is 1.14 bits per heavy atom. The molecule has 232 valence electrons. The number of aromatic nitrogens is 3. The molecule has 42 heavy (non-hydrogen) atoms. The fourth-order valence-corrected chi connectivity index (χ4v) is 6.99. The predicted octanol–water partition coefficient (Wildman–Crippen LogP) is 4.08. The second kappa shape index (κ2) is 9.93. The van der Waals surface area contributed by atoms with E-state index >= 15 is 0 Å². The molecular formula is C28H39F3N6O5. The first-order chi connectivity index (χ1) is 19.6. The van der Waals surface area contributed by atoms with Crippen molar-refractivity contribution in [3.8, 4) is 0 Å². The van der Waals surface area contributed by atoms with Gasteiger partial charge in [0.25, 0.3) is 0 Å². The molecule has 0 saturated carbocycles. The van der Waals surface area contributed by atoms with Crippen LogP contribution in [0, 0.1) is 5.92 Å². The van der Waals surface area contributed by atoms with E-state index in [1.165, 1.54) is 6.33 Å². The molecule has 0 bridgehead atoms. The summed E-state index contributed by atoms with van der Waals surface area (Å²) in [6, 6.07) is 1.80. The minimum absolute atomic E-state index is 0.0236. The number of nitrogens with zero attached hydrogens (tertiary/aromatic N) is 5. The van der Waals surface area contributed by atoms with Gasteiger partial charge in [0.2, 0.25) is 0 Å². The molecule has 1 spiro atoms. The zero-order valence-corrected chi connectivity index (χ0v) is 24.6. The highest BCUT2D eigenvalue weighted by Crippen LogP contribution is 2.49. The first kappa shape index (κ1) is 29.4. The van der Waals surface area contributed by atoms with Crippen molar-refractivity contribution in [1.29, 1.82) is 0 Å². The molecule has 1 unspecified atom stereocenters. The number of likely N-dealkylation sites (tertiary alicyclic amines) is 2. The van der Waals surface area contributed by atoms with Gasteiger partial charge >= 0.3 is 12.3 Å². The molecule has 6 rings (SSSR count). The summed E-state index contributed by atoms with van der Waals surface area (Å²) in [6.07, 6.45) is -3.01. The number of halogens is 3. The molecule has 2 aromatic rings. The van der Waals surface area contributed by atoms with Gasteiger partial charge in [0.05, 0.1) is 11.3 Å². The van der Waals surface area contributed by atoms with E-state index in [1.807, 2.05) is 23.3 Å². The van der Waals surface area contributed by atoms with Crippen molar-refractivity contribution in [3.05, 3.63) is 18.6 Å². The second-order valence-corrected chi connectivity index (χ2v) is 13.4. The lowest BCUT2D eigenvalue weighted by atomic mass is 9.82. The number of hydrogen-bond acceptors (Lipinski definition) is 9. The van der Waals surface area contributed by atoms with Crippen LogP contribution < -0.4 is 5.73 Å². The Morgan fingerprint density at radius 3 is 2.50 bits per heavy atom. The van der Waals surface area contributed by atoms with Gasteiger partial charge in [-0.1, -0.05) is 0 Å². The maximum atomic E-state index is 14.1. The molecule has 4 fully saturated rings. The van der Waals surface area contributed by atoms with Gasteiger partial charge in [-0.15, -0.1) is 0 Å². The van der Waals surface area contributed by atoms with E-state index in [9.17, 15) is 18.0 Å². The van der Waals surface area contributed by atoms with Gasteiger partial charge in [0, 0.05) is 37.9 Å². The van der Waals surface area contributed by atoms with Crippen LogP contribution in [0.15, 0.2) is 18.6 Å². The summed E-state index contributed by atoms with van der Waals surface area (Å²) in [5.74, 6) is -2.03. The molecule has 14 heteroatoms. The standard InChI is InChI=1S/C28H39F3N6O5/c1-25(2,3)42-24(38)35-10-7-27(8-11-35)12-16(28(29,30)31)13-36(27)14-18-19-20(41-26(4,5)40-19)23(39-18)37-9-6-17-21(32)33-15-34-22(17)37/h6,9,15-16,18-20,23H,7-8,10-14H2,1-5H3,(H2,32,33,34)/t16?,18-,19-,20-,23-/m1/s1. The van der Waals surface area contributed by atoms with Gasteiger partial charge in [0.15, 0.2) is 12.0 Å². The normalized spacial score (nSPS) is 31.2. The maximum absolute atomic E-state index is 14.1. The number of alkyl halides is 3. The van der Waals surface area contributed by atoms with Crippen molar-refractivity contribution in [3.63, 3.8) is 0 Å². The van der Waals surface area contributed by atoms with E-state index in [-0.39, 0.29) is 19.5 Å². The van der Waals surface area contributed by atoms with Gasteiger partial charge < -0.3 is 34.1 Å². The predicted molar refractivity (Wildman–Crippen MR) is 145 cm³/mol. The maximum Gasteiger partial charge on any atom is 0.410 e. The third-order valence-electron chi connectivity index (χ3n) is 8.89. The fourth-order valence-electron chi connectivity index (χ4n) is 6.99. The van der Waals surface area contributed by atoms with E-state index in [2.05, 4.69) is 9.97 Å². The van der Waals surface area contributed by atoms with Gasteiger partial charge in [-0.2, -0.15) is 13.2 Å². The molecule has 1 amide bonds. The number of carbonyl (C=O) groups excluding carboxylic acids is 1. The van der Waals surface area contributed by atoms with Gasteiger partial charge in [0.1, 0.15) is 41.7 Å². The molecule has 4 aliphatic rings. The van der Waals surface area contributed by atoms with Crippen molar-refractivity contribution in [2.24, 2.45) is 5.92 Å². The molecular weight excluding hydrogens is 557 g/mol. The summed E-state index contributed by atoms with van der Waals surface area (Å²) in [7, 11) is 0. The monoisotopic (exact) mass is 596 g/mol. The Labute approximate surface area is 242 Å². The molecule has 0 aromatic carbocycles. The van der Waals surface area contributed by atoms with E-state index in [4.69, 9.17) is 24.7 Å². The van der Waals surface area contributed by atoms with Gasteiger partial charge in [-0.3, -0.25) is 4.90 Å². The molecule has 6 heterocycles. The summed E-state index contributed by atoms with van der Waals surface area (Å²) >= 11 is 0. The molecule has 0 aliphatic carbocycles. The zero-order valence-electron chi connectivity index (χ0n) is 24.6. The third kappa shape index (κ3) is 5.31. The van der Waals surface area contributed by atoms with Crippen LogP contribution >= 0.6 is 0 Å². The average Bonchev–Trinajstić information content (AvgIpc) is 3.61. The summed E-state index contributed by atoms with van der Waals surface area (Å²) in [4.78, 5) is 24.6. The Kier molecular flexibility index (Phi) is 6.95. The number of nitrogen functional groups attached to an aromatic ring is 1. The van der Waals surface area contributed by atoms with Crippen molar-refractivity contribution in [2.45, 2.75) is 102 Å². The number of carbonyl (C=O) groups is 1. The molecule has 4 saturated heterocycles. The van der Waals surface area contributed by atoms with Gasteiger partial charge in [-0.25, -0.2) is 14.8 Å². The van der Waals surface area contributed by atoms with E-state index in [1.54, 1.807) is 37.9 Å². The number of ether oxygens (including phenoxy) is 4. The van der Waals surface area contributed by atoms with Crippen LogP contribution in [0.3, 0.4) is 0 Å². The summed E-state index contributed by atoms with van der Waals surface area (Å²) in [5, 5.41) is 0.669. The topological polar surface area (TPSA) is 117 Å². The minimum Gasteiger partial charge on any atom is -0.444 e. The lowest BCUT2D eigenvalue weighted by Gasteiger charge is -2.46. The van der Waals surface area contributed by atoms with Gasteiger partial charge in [-0.05, 0) is 59.9 Å².